The Morgan fingerprint density at radius 3 is 3.21 bits per heavy atom. The minimum absolute atomic E-state index is 0.222. The van der Waals surface area contributed by atoms with Crippen molar-refractivity contribution in [3.63, 3.8) is 0 Å². The highest BCUT2D eigenvalue weighted by Crippen LogP contribution is 2.22. The molecule has 1 fully saturated rings. The second-order valence-electron chi connectivity index (χ2n) is 2.30. The maximum absolute atomic E-state index is 8.18. The SMILES string of the molecule is [2H]c1nc(Br)c([2H])c([2H])c1N1C([2H])([2H])C([2H])([2H])C([2H])(C([2H])([2H])[2H])C([2H])([2H])C1([2H])[2H]. The van der Waals surface area contributed by atoms with E-state index in [9.17, 15) is 0 Å². The fraction of sp³-hybridized carbons (Fsp3) is 0.545. The maximum Gasteiger partial charge on any atom is 0.106 e. The molecule has 0 aromatic carbocycles. The summed E-state index contributed by atoms with van der Waals surface area (Å²) in [6.45, 7) is -11.3. The van der Waals surface area contributed by atoms with Gasteiger partial charge in [-0.25, -0.2) is 4.98 Å². The molecule has 0 radical (unpaired) electrons. The van der Waals surface area contributed by atoms with Crippen LogP contribution in [-0.2, 0) is 0 Å². The molecule has 1 aliphatic rings. The molecule has 0 atom stereocenters. The first-order valence-corrected chi connectivity index (χ1v) is 4.35. The van der Waals surface area contributed by atoms with Crippen molar-refractivity contribution in [2.75, 3.05) is 17.9 Å². The highest BCUT2D eigenvalue weighted by atomic mass is 79.9. The van der Waals surface area contributed by atoms with E-state index in [1.54, 1.807) is 0 Å². The van der Waals surface area contributed by atoms with Gasteiger partial charge in [0.2, 0.25) is 0 Å². The van der Waals surface area contributed by atoms with E-state index in [0.717, 1.165) is 0 Å². The predicted molar refractivity (Wildman–Crippen MR) is 62.5 cm³/mol. The number of rotatable bonds is 1. The van der Waals surface area contributed by atoms with Gasteiger partial charge in [0.05, 0.1) is 16.0 Å². The van der Waals surface area contributed by atoms with Crippen molar-refractivity contribution in [3.8, 4) is 0 Å². The minimum atomic E-state index is -3.91. The van der Waals surface area contributed by atoms with Crippen LogP contribution in [0.5, 0.6) is 0 Å². The van der Waals surface area contributed by atoms with Crippen LogP contribution in [0.4, 0.5) is 5.69 Å². The molecule has 0 unspecified atom stereocenters. The maximum atomic E-state index is 8.18. The van der Waals surface area contributed by atoms with Crippen LogP contribution in [0.3, 0.4) is 0 Å². The summed E-state index contributed by atoms with van der Waals surface area (Å²) in [6, 6.07) is -1.66. The molecule has 0 amide bonds. The average Bonchev–Trinajstić information content (AvgIpc) is 2.52. The molecule has 14 heavy (non-hydrogen) atoms. The molecule has 1 saturated heterocycles. The number of anilines is 1. The Kier molecular flexibility index (Phi) is 0.736. The summed E-state index contributed by atoms with van der Waals surface area (Å²) in [7, 11) is 0. The van der Waals surface area contributed by atoms with E-state index in [1.165, 1.54) is 0 Å². The van der Waals surface area contributed by atoms with Crippen LogP contribution in [0, 0.1) is 5.89 Å². The number of piperidine rings is 1. The Hall–Kier alpha value is -0.570. The number of hydrogen-bond donors (Lipinski definition) is 0. The third-order valence-electron chi connectivity index (χ3n) is 1.35. The number of hydrogen-bond acceptors (Lipinski definition) is 2. The first kappa shape index (κ1) is 2.40. The van der Waals surface area contributed by atoms with Crippen molar-refractivity contribution >= 4 is 21.6 Å². The monoisotopic (exact) mass is 269 g/mol. The number of pyridine rings is 1. The quantitative estimate of drug-likeness (QED) is 0.729. The first-order valence-electron chi connectivity index (χ1n) is 11.1. The zero-order valence-electron chi connectivity index (χ0n) is 21.8. The molecule has 1 aromatic heterocycles. The smallest absolute Gasteiger partial charge is 0.106 e. The molecule has 1 aliphatic heterocycles. The van der Waals surface area contributed by atoms with E-state index in [1.807, 2.05) is 0 Å². The van der Waals surface area contributed by atoms with Crippen molar-refractivity contribution in [1.29, 1.82) is 0 Å². The molecule has 0 spiro atoms. The van der Waals surface area contributed by atoms with Gasteiger partial charge in [-0.15, -0.1) is 0 Å². The summed E-state index contributed by atoms with van der Waals surface area (Å²) in [6.07, 6.45) is -8.70. The topological polar surface area (TPSA) is 16.1 Å². The first-order chi connectivity index (χ1) is 12.6. The normalized spacial score (nSPS) is 51.8. The molecule has 3 heteroatoms. The van der Waals surface area contributed by atoms with E-state index in [4.69, 9.17) is 20.6 Å². The van der Waals surface area contributed by atoms with Crippen LogP contribution >= 0.6 is 15.9 Å². The number of nitrogens with zero attached hydrogens (tertiary/aromatic N) is 2. The molecule has 76 valence electrons. The van der Waals surface area contributed by atoms with Crippen LogP contribution in [0.1, 0.15) is 40.2 Å². The second-order valence-corrected chi connectivity index (χ2v) is 3.05. The van der Waals surface area contributed by atoms with Crippen LogP contribution in [-0.4, -0.2) is 18.0 Å². The predicted octanol–water partition coefficient (Wildman–Crippen LogP) is 3.08. The third-order valence-corrected chi connectivity index (χ3v) is 1.73. The van der Waals surface area contributed by atoms with Crippen LogP contribution in [0.15, 0.2) is 22.9 Å². The van der Waals surface area contributed by atoms with E-state index in [-0.39, 0.29) is 9.50 Å². The van der Waals surface area contributed by atoms with E-state index >= 15 is 0 Å². The van der Waals surface area contributed by atoms with Crippen molar-refractivity contribution in [1.82, 2.24) is 4.98 Å². The van der Waals surface area contributed by atoms with Gasteiger partial charge in [-0.3, -0.25) is 0 Å². The second kappa shape index (κ2) is 4.30. The van der Waals surface area contributed by atoms with Gasteiger partial charge < -0.3 is 4.90 Å². The van der Waals surface area contributed by atoms with E-state index in [0.29, 0.717) is 0 Å². The van der Waals surface area contributed by atoms with Crippen LogP contribution < -0.4 is 4.90 Å². The van der Waals surface area contributed by atoms with Gasteiger partial charge in [-0.1, -0.05) is 6.85 Å². The van der Waals surface area contributed by atoms with Gasteiger partial charge in [0, 0.05) is 29.4 Å². The van der Waals surface area contributed by atoms with Gasteiger partial charge in [0.15, 0.2) is 0 Å². The molecule has 0 aliphatic carbocycles. The Morgan fingerprint density at radius 2 is 2.50 bits per heavy atom. The summed E-state index contributed by atoms with van der Waals surface area (Å²) in [5.41, 5.74) is -1.05. The molecule has 0 N–H and O–H groups in total. The standard InChI is InChI=1S/C11H15BrN2/c1-9-4-6-14(7-5-9)10-2-3-11(12)13-8-10/h2-3,8-9H,4-7H2,1H3/i1D3,2D,3D,4D2,5D2,6D2,7D2,8D,9D. The summed E-state index contributed by atoms with van der Waals surface area (Å²) >= 11 is 2.80. The average molecular weight is 270 g/mol. The summed E-state index contributed by atoms with van der Waals surface area (Å²) in [4.78, 5) is 3.30. The largest absolute Gasteiger partial charge is 0.370 e. The Bertz CT molecular complexity index is 820. The lowest BCUT2D eigenvalue weighted by Crippen LogP contribution is -2.32. The molecule has 2 rings (SSSR count). The highest BCUT2D eigenvalue weighted by Gasteiger charge is 2.15. The lowest BCUT2D eigenvalue weighted by molar-refractivity contribution is 0.438. The van der Waals surface area contributed by atoms with Crippen molar-refractivity contribution < 1.29 is 20.6 Å². The lowest BCUT2D eigenvalue weighted by atomic mass is 9.99. The summed E-state index contributed by atoms with van der Waals surface area (Å²) in [5.74, 6) is -3.91. The summed E-state index contributed by atoms with van der Waals surface area (Å²) in [5, 5.41) is 0. The fourth-order valence-electron chi connectivity index (χ4n) is 0.769. The third kappa shape index (κ3) is 2.27. The van der Waals surface area contributed by atoms with E-state index in [2.05, 4.69) is 20.9 Å². The van der Waals surface area contributed by atoms with Crippen LogP contribution in [0.2, 0.25) is 0 Å². The Labute approximate surface area is 115 Å². The van der Waals surface area contributed by atoms with Gasteiger partial charge in [0.25, 0.3) is 0 Å². The lowest BCUT2D eigenvalue weighted by Gasteiger charge is -2.31. The van der Waals surface area contributed by atoms with Gasteiger partial charge in [0.1, 0.15) is 4.60 Å². The molecular weight excluding hydrogens is 240 g/mol. The Balaban J connectivity index is 3.02. The molecule has 2 nitrogen and oxygen atoms in total. The number of halogens is 1. The zero-order chi connectivity index (χ0) is 23.2. The van der Waals surface area contributed by atoms with Crippen molar-refractivity contribution in [3.05, 3.63) is 22.9 Å². The number of aromatic nitrogens is 1. The van der Waals surface area contributed by atoms with Crippen LogP contribution in [0.25, 0.3) is 0 Å². The van der Waals surface area contributed by atoms with E-state index < -0.39 is 62.4 Å². The molecular formula is C11H15BrN2. The molecule has 0 saturated carbocycles. The summed E-state index contributed by atoms with van der Waals surface area (Å²) < 4.78 is 119. The Morgan fingerprint density at radius 1 is 1.71 bits per heavy atom. The van der Waals surface area contributed by atoms with Gasteiger partial charge >= 0.3 is 0 Å². The minimum Gasteiger partial charge on any atom is -0.370 e. The fourth-order valence-corrected chi connectivity index (χ4v) is 0.957. The molecule has 2 heterocycles. The zero-order valence-corrected chi connectivity index (χ0v) is 8.36. The molecule has 1 aromatic rings. The van der Waals surface area contributed by atoms with Crippen molar-refractivity contribution in [2.45, 2.75) is 19.6 Å². The van der Waals surface area contributed by atoms with Gasteiger partial charge in [-0.05, 0) is 46.7 Å². The highest BCUT2D eigenvalue weighted by molar-refractivity contribution is 9.10. The molecule has 0 bridgehead atoms. The van der Waals surface area contributed by atoms with Gasteiger partial charge in [-0.2, -0.15) is 0 Å². The van der Waals surface area contributed by atoms with Crippen molar-refractivity contribution in [2.24, 2.45) is 5.89 Å².